The fourth-order valence-corrected chi connectivity index (χ4v) is 4.71. The zero-order chi connectivity index (χ0) is 24.1. The lowest BCUT2D eigenvalue weighted by molar-refractivity contribution is -0.113. The lowest BCUT2D eigenvalue weighted by Crippen LogP contribution is -2.33. The predicted molar refractivity (Wildman–Crippen MR) is 140 cm³/mol. The Morgan fingerprint density at radius 1 is 1.12 bits per heavy atom. The van der Waals surface area contributed by atoms with Crippen molar-refractivity contribution < 1.29 is 9.59 Å². The van der Waals surface area contributed by atoms with Crippen LogP contribution in [0.25, 0.3) is 0 Å². The minimum absolute atomic E-state index is 0.103. The molecule has 0 unspecified atom stereocenters. The first-order chi connectivity index (χ1) is 15.7. The fourth-order valence-electron chi connectivity index (χ4n) is 3.35. The van der Waals surface area contributed by atoms with Crippen LogP contribution in [0.15, 0.2) is 47.6 Å². The number of nitrogens with one attached hydrogen (secondary N) is 2. The number of amides is 2. The van der Waals surface area contributed by atoms with Crippen LogP contribution in [0.2, 0.25) is 0 Å². The van der Waals surface area contributed by atoms with Gasteiger partial charge in [0.1, 0.15) is 0 Å². The number of carbonyl (C=O) groups excluding carboxylic acids is 2. The van der Waals surface area contributed by atoms with Crippen molar-refractivity contribution in [3.63, 3.8) is 0 Å². The Kier molecular flexibility index (Phi) is 8.52. The van der Waals surface area contributed by atoms with E-state index in [2.05, 4.69) is 43.4 Å². The van der Waals surface area contributed by atoms with E-state index in [4.69, 9.17) is 0 Å². The van der Waals surface area contributed by atoms with Crippen LogP contribution in [0.5, 0.6) is 0 Å². The van der Waals surface area contributed by atoms with Gasteiger partial charge in [-0.25, -0.2) is 0 Å². The van der Waals surface area contributed by atoms with Crippen molar-refractivity contribution >= 4 is 51.9 Å². The second-order valence-corrected chi connectivity index (χ2v) is 10.4. The van der Waals surface area contributed by atoms with Crippen LogP contribution in [-0.4, -0.2) is 32.3 Å². The SMILES string of the molecule is Cc1cccc(C(=O)N[C@H](c2nnc(SCC(=O)Nc3ccc(I)cc3C)n2C)C(C)C)c1. The molecule has 1 heterocycles. The quantitative estimate of drug-likeness (QED) is 0.294. The Labute approximate surface area is 212 Å². The molecule has 0 bridgehead atoms. The number of carbonyl (C=O) groups is 2. The van der Waals surface area contributed by atoms with Gasteiger partial charge in [-0.2, -0.15) is 0 Å². The van der Waals surface area contributed by atoms with E-state index in [1.54, 1.807) is 6.07 Å². The zero-order valence-electron chi connectivity index (χ0n) is 19.3. The summed E-state index contributed by atoms with van der Waals surface area (Å²) in [7, 11) is 1.85. The number of rotatable bonds is 8. The number of aromatic nitrogens is 3. The Hall–Kier alpha value is -2.40. The highest BCUT2D eigenvalue weighted by molar-refractivity contribution is 14.1. The van der Waals surface area contributed by atoms with Gasteiger partial charge in [-0.15, -0.1) is 10.2 Å². The minimum atomic E-state index is -0.312. The Morgan fingerprint density at radius 2 is 1.88 bits per heavy atom. The number of thioether (sulfide) groups is 1. The highest BCUT2D eigenvalue weighted by Gasteiger charge is 2.25. The molecule has 1 aromatic heterocycles. The Balaban J connectivity index is 1.67. The Bertz CT molecular complexity index is 1160. The topological polar surface area (TPSA) is 88.9 Å². The summed E-state index contributed by atoms with van der Waals surface area (Å²) >= 11 is 3.56. The molecule has 0 spiro atoms. The van der Waals surface area contributed by atoms with E-state index in [1.165, 1.54) is 11.8 Å². The molecular weight excluding hydrogens is 549 g/mol. The van der Waals surface area contributed by atoms with Crippen molar-refractivity contribution in [3.05, 3.63) is 68.5 Å². The smallest absolute Gasteiger partial charge is 0.251 e. The Morgan fingerprint density at radius 3 is 2.55 bits per heavy atom. The van der Waals surface area contributed by atoms with Crippen LogP contribution < -0.4 is 10.6 Å². The fraction of sp³-hybridized carbons (Fsp3) is 0.333. The van der Waals surface area contributed by atoms with Crippen molar-refractivity contribution in [1.29, 1.82) is 0 Å². The molecule has 0 saturated heterocycles. The van der Waals surface area contributed by atoms with E-state index in [9.17, 15) is 9.59 Å². The molecule has 0 radical (unpaired) electrons. The molecule has 0 aliphatic heterocycles. The third-order valence-electron chi connectivity index (χ3n) is 5.18. The molecule has 2 amide bonds. The number of anilines is 1. The summed E-state index contributed by atoms with van der Waals surface area (Å²) in [4.78, 5) is 25.3. The van der Waals surface area contributed by atoms with E-state index in [-0.39, 0.29) is 29.5 Å². The van der Waals surface area contributed by atoms with E-state index in [0.29, 0.717) is 16.5 Å². The third-order valence-corrected chi connectivity index (χ3v) is 6.87. The molecule has 0 fully saturated rings. The van der Waals surface area contributed by atoms with Gasteiger partial charge in [0.05, 0.1) is 11.8 Å². The van der Waals surface area contributed by atoms with Gasteiger partial charge in [0.2, 0.25) is 5.91 Å². The second-order valence-electron chi connectivity index (χ2n) is 8.26. The third kappa shape index (κ3) is 6.57. The van der Waals surface area contributed by atoms with Crippen molar-refractivity contribution in [2.45, 2.75) is 38.9 Å². The summed E-state index contributed by atoms with van der Waals surface area (Å²) in [5.41, 5.74) is 3.46. The number of aryl methyl sites for hydroxylation is 2. The zero-order valence-corrected chi connectivity index (χ0v) is 22.3. The van der Waals surface area contributed by atoms with Gasteiger partial charge in [-0.05, 0) is 78.3 Å². The van der Waals surface area contributed by atoms with Gasteiger partial charge in [0.15, 0.2) is 11.0 Å². The van der Waals surface area contributed by atoms with Gasteiger partial charge in [0.25, 0.3) is 5.91 Å². The van der Waals surface area contributed by atoms with Crippen molar-refractivity contribution in [2.75, 3.05) is 11.1 Å². The molecule has 174 valence electrons. The molecule has 0 aliphatic rings. The first-order valence-electron chi connectivity index (χ1n) is 10.6. The van der Waals surface area contributed by atoms with Crippen LogP contribution >= 0.6 is 34.4 Å². The van der Waals surface area contributed by atoms with Crippen LogP contribution in [0.1, 0.15) is 47.2 Å². The molecule has 33 heavy (non-hydrogen) atoms. The maximum atomic E-state index is 12.8. The molecule has 7 nitrogen and oxygen atoms in total. The summed E-state index contributed by atoms with van der Waals surface area (Å²) in [5, 5.41) is 15.3. The van der Waals surface area contributed by atoms with Crippen molar-refractivity contribution in [2.24, 2.45) is 13.0 Å². The van der Waals surface area contributed by atoms with Crippen LogP contribution in [0, 0.1) is 23.3 Å². The number of halogens is 1. The van der Waals surface area contributed by atoms with Crippen LogP contribution in [0.3, 0.4) is 0 Å². The van der Waals surface area contributed by atoms with E-state index in [0.717, 1.165) is 20.4 Å². The summed E-state index contributed by atoms with van der Waals surface area (Å²) in [6.45, 7) is 7.98. The van der Waals surface area contributed by atoms with Crippen molar-refractivity contribution in [1.82, 2.24) is 20.1 Å². The molecule has 9 heteroatoms. The number of hydrogen-bond acceptors (Lipinski definition) is 5. The largest absolute Gasteiger partial charge is 0.342 e. The summed E-state index contributed by atoms with van der Waals surface area (Å²) in [6, 6.07) is 13.1. The summed E-state index contributed by atoms with van der Waals surface area (Å²) in [6.07, 6.45) is 0. The maximum Gasteiger partial charge on any atom is 0.251 e. The molecule has 1 atom stereocenters. The van der Waals surface area contributed by atoms with Crippen LogP contribution in [0.4, 0.5) is 5.69 Å². The second kappa shape index (κ2) is 11.1. The molecule has 3 aromatic rings. The van der Waals surface area contributed by atoms with E-state index >= 15 is 0 Å². The van der Waals surface area contributed by atoms with Gasteiger partial charge >= 0.3 is 0 Å². The average molecular weight is 577 g/mol. The normalized spacial score (nSPS) is 12.0. The molecule has 2 N–H and O–H groups in total. The molecular formula is C24H28IN5O2S. The standard InChI is InChI=1S/C24H28IN5O2S/c1-14(2)21(27-23(32)17-8-6-7-15(3)11-17)22-28-29-24(30(22)5)33-13-20(31)26-19-10-9-18(25)12-16(19)4/h6-12,14,21H,13H2,1-5H3,(H,26,31)(H,27,32)/t21-/m0/s1. The van der Waals surface area contributed by atoms with Gasteiger partial charge in [-0.3, -0.25) is 9.59 Å². The minimum Gasteiger partial charge on any atom is -0.342 e. The lowest BCUT2D eigenvalue weighted by Gasteiger charge is -2.21. The first-order valence-corrected chi connectivity index (χ1v) is 12.7. The average Bonchev–Trinajstić information content (AvgIpc) is 3.12. The van der Waals surface area contributed by atoms with Crippen LogP contribution in [-0.2, 0) is 11.8 Å². The highest BCUT2D eigenvalue weighted by atomic mass is 127. The molecule has 3 rings (SSSR count). The van der Waals surface area contributed by atoms with Gasteiger partial charge in [-0.1, -0.05) is 43.3 Å². The maximum absolute atomic E-state index is 12.8. The predicted octanol–water partition coefficient (Wildman–Crippen LogP) is 4.89. The van der Waals surface area contributed by atoms with E-state index in [1.807, 2.05) is 75.7 Å². The monoisotopic (exact) mass is 577 g/mol. The van der Waals surface area contributed by atoms with Gasteiger partial charge < -0.3 is 15.2 Å². The van der Waals surface area contributed by atoms with Crippen molar-refractivity contribution in [3.8, 4) is 0 Å². The molecule has 0 saturated carbocycles. The van der Waals surface area contributed by atoms with Gasteiger partial charge in [0, 0.05) is 21.9 Å². The number of benzene rings is 2. The molecule has 2 aromatic carbocycles. The summed E-state index contributed by atoms with van der Waals surface area (Å²) < 4.78 is 2.97. The molecule has 0 aliphatic carbocycles. The number of hydrogen-bond donors (Lipinski definition) is 2. The highest BCUT2D eigenvalue weighted by Crippen LogP contribution is 2.25. The number of nitrogens with zero attached hydrogens (tertiary/aromatic N) is 3. The lowest BCUT2D eigenvalue weighted by atomic mass is 10.0. The van der Waals surface area contributed by atoms with E-state index < -0.39 is 0 Å². The summed E-state index contributed by atoms with van der Waals surface area (Å²) in [5.74, 6) is 0.706. The first kappa shape index (κ1) is 25.2.